The lowest BCUT2D eigenvalue weighted by Crippen LogP contribution is -2.11. The number of aliphatic imine (C=N–C) groups is 1. The van der Waals surface area contributed by atoms with Crippen LogP contribution in [0.5, 0.6) is 0 Å². The summed E-state index contributed by atoms with van der Waals surface area (Å²) >= 11 is 0. The predicted molar refractivity (Wildman–Crippen MR) is 103 cm³/mol. The minimum absolute atomic E-state index is 0.541. The third-order valence-corrected chi connectivity index (χ3v) is 3.76. The molecule has 3 aromatic heterocycles. The molecule has 130 valence electrons. The van der Waals surface area contributed by atoms with Crippen LogP contribution in [0.2, 0.25) is 0 Å². The van der Waals surface area contributed by atoms with Crippen LogP contribution in [0, 0.1) is 12.8 Å². The van der Waals surface area contributed by atoms with Gasteiger partial charge in [-0.3, -0.25) is 9.98 Å². The van der Waals surface area contributed by atoms with E-state index in [4.69, 9.17) is 4.98 Å². The monoisotopic (exact) mass is 336 g/mol. The number of hydrogen-bond donors (Lipinski definition) is 1. The summed E-state index contributed by atoms with van der Waals surface area (Å²) in [5.41, 5.74) is 5.69. The molecule has 0 amide bonds. The molecule has 0 aliphatic heterocycles. The molecule has 1 N–H and O–H groups in total. The fourth-order valence-corrected chi connectivity index (χ4v) is 2.56. The number of aromatic nitrogens is 4. The van der Waals surface area contributed by atoms with Gasteiger partial charge in [-0.1, -0.05) is 13.8 Å². The van der Waals surface area contributed by atoms with Crippen LogP contribution in [0.1, 0.15) is 33.4 Å². The predicted octanol–water partition coefficient (Wildman–Crippen LogP) is 4.28. The van der Waals surface area contributed by atoms with Gasteiger partial charge in [-0.25, -0.2) is 9.50 Å². The van der Waals surface area contributed by atoms with Gasteiger partial charge in [0.2, 0.25) is 5.95 Å². The number of hydrogen-bond acceptors (Lipinski definition) is 5. The molecule has 0 bridgehead atoms. The molecule has 6 nitrogen and oxygen atoms in total. The zero-order chi connectivity index (χ0) is 18.0. The minimum Gasteiger partial charge on any atom is -0.353 e. The molecule has 0 atom stereocenters. The van der Waals surface area contributed by atoms with E-state index in [9.17, 15) is 0 Å². The first-order valence-corrected chi connectivity index (χ1v) is 8.52. The maximum atomic E-state index is 4.71. The Balaban J connectivity index is 1.94. The van der Waals surface area contributed by atoms with Crippen LogP contribution in [0.4, 0.5) is 11.6 Å². The third-order valence-electron chi connectivity index (χ3n) is 3.76. The number of fused-ring (bicyclic) bond motifs is 1. The van der Waals surface area contributed by atoms with Crippen molar-refractivity contribution < 1.29 is 0 Å². The van der Waals surface area contributed by atoms with Crippen molar-refractivity contribution in [2.45, 2.75) is 34.6 Å². The van der Waals surface area contributed by atoms with Crippen LogP contribution in [0.25, 0.3) is 16.8 Å². The Morgan fingerprint density at radius 2 is 2.04 bits per heavy atom. The highest BCUT2D eigenvalue weighted by Crippen LogP contribution is 2.27. The normalized spacial score (nSPS) is 11.1. The molecule has 25 heavy (non-hydrogen) atoms. The summed E-state index contributed by atoms with van der Waals surface area (Å²) in [5, 5.41) is 7.76. The summed E-state index contributed by atoms with van der Waals surface area (Å²) in [6.07, 6.45) is 3.77. The Bertz CT molecular complexity index is 919. The highest BCUT2D eigenvalue weighted by molar-refractivity contribution is 5.83. The van der Waals surface area contributed by atoms with Crippen LogP contribution < -0.4 is 5.32 Å². The van der Waals surface area contributed by atoms with E-state index in [0.717, 1.165) is 40.4 Å². The molecule has 3 aromatic rings. The van der Waals surface area contributed by atoms with E-state index < -0.39 is 0 Å². The lowest BCUT2D eigenvalue weighted by atomic mass is 10.1. The van der Waals surface area contributed by atoms with Crippen molar-refractivity contribution in [1.29, 1.82) is 0 Å². The van der Waals surface area contributed by atoms with Gasteiger partial charge >= 0.3 is 0 Å². The van der Waals surface area contributed by atoms with Gasteiger partial charge in [-0.05, 0) is 44.9 Å². The van der Waals surface area contributed by atoms with Gasteiger partial charge < -0.3 is 5.32 Å². The molecular formula is C19H24N6. The zero-order valence-electron chi connectivity index (χ0n) is 15.4. The van der Waals surface area contributed by atoms with Crippen LogP contribution >= 0.6 is 0 Å². The quantitative estimate of drug-likeness (QED) is 0.706. The van der Waals surface area contributed by atoms with Crippen LogP contribution in [-0.4, -0.2) is 31.8 Å². The highest BCUT2D eigenvalue weighted by Gasteiger charge is 2.10. The summed E-state index contributed by atoms with van der Waals surface area (Å²) in [7, 11) is 0. The van der Waals surface area contributed by atoms with E-state index in [1.54, 1.807) is 0 Å². The average Bonchev–Trinajstić information content (AvgIpc) is 2.97. The standard InChI is InChI=1S/C19H24N6/c1-12(2)10-20-19-21-11-18-15(8-9-25(18)24-19)17-7-6-16(14(5)23-17)22-13(3)4/h6-9,11-12H,10H2,1-5H3,(H,20,24). The zero-order valence-corrected chi connectivity index (χ0v) is 15.4. The van der Waals surface area contributed by atoms with Gasteiger partial charge in [-0.15, -0.1) is 5.10 Å². The van der Waals surface area contributed by atoms with Gasteiger partial charge in [0.05, 0.1) is 28.8 Å². The number of nitrogens with zero attached hydrogens (tertiary/aromatic N) is 5. The molecule has 3 rings (SSSR count). The maximum Gasteiger partial charge on any atom is 0.241 e. The molecule has 0 aliphatic carbocycles. The first kappa shape index (κ1) is 17.1. The van der Waals surface area contributed by atoms with E-state index in [0.29, 0.717) is 11.9 Å². The maximum absolute atomic E-state index is 4.71. The first-order valence-electron chi connectivity index (χ1n) is 8.52. The number of anilines is 1. The van der Waals surface area contributed by atoms with E-state index >= 15 is 0 Å². The smallest absolute Gasteiger partial charge is 0.241 e. The number of aryl methyl sites for hydroxylation is 1. The van der Waals surface area contributed by atoms with Crippen molar-refractivity contribution in [3.63, 3.8) is 0 Å². The molecule has 6 heteroatoms. The Labute approximate surface area is 148 Å². The second kappa shape index (κ2) is 7.01. The molecule has 0 spiro atoms. The number of rotatable bonds is 5. The fourth-order valence-electron chi connectivity index (χ4n) is 2.56. The molecule has 3 heterocycles. The Morgan fingerprint density at radius 1 is 1.24 bits per heavy atom. The number of nitrogens with one attached hydrogen (secondary N) is 1. The summed E-state index contributed by atoms with van der Waals surface area (Å²) in [6, 6.07) is 6.02. The topological polar surface area (TPSA) is 67.5 Å². The molecule has 0 saturated carbocycles. The fraction of sp³-hybridized carbons (Fsp3) is 0.368. The van der Waals surface area contributed by atoms with Gasteiger partial charge in [0.1, 0.15) is 0 Å². The Kier molecular flexibility index (Phi) is 4.79. The molecule has 0 fully saturated rings. The Morgan fingerprint density at radius 3 is 2.72 bits per heavy atom. The van der Waals surface area contributed by atoms with Crippen molar-refractivity contribution in [3.8, 4) is 11.3 Å². The third kappa shape index (κ3) is 3.84. The summed E-state index contributed by atoms with van der Waals surface area (Å²) < 4.78 is 1.84. The van der Waals surface area contributed by atoms with Crippen molar-refractivity contribution in [1.82, 2.24) is 19.6 Å². The lowest BCUT2D eigenvalue weighted by molar-refractivity contribution is 0.681. The average molecular weight is 336 g/mol. The van der Waals surface area contributed by atoms with Crippen molar-refractivity contribution in [2.24, 2.45) is 10.9 Å². The summed E-state index contributed by atoms with van der Waals surface area (Å²) in [5.74, 6) is 1.18. The largest absolute Gasteiger partial charge is 0.353 e. The van der Waals surface area contributed by atoms with E-state index in [2.05, 4.69) is 34.2 Å². The molecule has 0 radical (unpaired) electrons. The van der Waals surface area contributed by atoms with Crippen molar-refractivity contribution in [3.05, 3.63) is 36.3 Å². The van der Waals surface area contributed by atoms with Gasteiger partial charge in [0, 0.05) is 24.0 Å². The summed E-state index contributed by atoms with van der Waals surface area (Å²) in [6.45, 7) is 11.1. The second-order valence-electron chi connectivity index (χ2n) is 6.78. The van der Waals surface area contributed by atoms with E-state index in [1.807, 2.05) is 55.9 Å². The molecule has 0 aromatic carbocycles. The minimum atomic E-state index is 0.541. The van der Waals surface area contributed by atoms with Crippen LogP contribution in [0.15, 0.2) is 35.6 Å². The van der Waals surface area contributed by atoms with E-state index in [1.165, 1.54) is 0 Å². The van der Waals surface area contributed by atoms with Crippen molar-refractivity contribution >= 4 is 22.9 Å². The summed E-state index contributed by atoms with van der Waals surface area (Å²) in [4.78, 5) is 13.6. The van der Waals surface area contributed by atoms with Crippen molar-refractivity contribution in [2.75, 3.05) is 11.9 Å². The van der Waals surface area contributed by atoms with Crippen LogP contribution in [0.3, 0.4) is 0 Å². The molecule has 0 saturated heterocycles. The number of pyridine rings is 1. The SMILES string of the molecule is CC(C)=Nc1ccc(-c2ccn3nc(NCC(C)C)ncc23)nc1C. The van der Waals surface area contributed by atoms with Gasteiger partial charge in [-0.2, -0.15) is 0 Å². The van der Waals surface area contributed by atoms with E-state index in [-0.39, 0.29) is 0 Å². The molecular weight excluding hydrogens is 312 g/mol. The highest BCUT2D eigenvalue weighted by atomic mass is 15.3. The second-order valence-corrected chi connectivity index (χ2v) is 6.78. The lowest BCUT2D eigenvalue weighted by Gasteiger charge is -2.08. The molecule has 0 aliphatic rings. The van der Waals surface area contributed by atoms with Gasteiger partial charge in [0.25, 0.3) is 0 Å². The molecule has 0 unspecified atom stereocenters. The Hall–Kier alpha value is -2.76. The van der Waals surface area contributed by atoms with Crippen LogP contribution in [-0.2, 0) is 0 Å². The first-order chi connectivity index (χ1) is 11.9. The van der Waals surface area contributed by atoms with Gasteiger partial charge in [0.15, 0.2) is 0 Å².